The third kappa shape index (κ3) is 64.3. The van der Waals surface area contributed by atoms with Crippen LogP contribution >= 0.6 is 15.6 Å². The van der Waals surface area contributed by atoms with Crippen LogP contribution in [0.15, 0.2) is 24.3 Å². The minimum Gasteiger partial charge on any atom is -0.462 e. The van der Waals surface area contributed by atoms with Crippen molar-refractivity contribution in [2.75, 3.05) is 39.6 Å². The first kappa shape index (κ1) is 87.5. The lowest BCUT2D eigenvalue weighted by Gasteiger charge is -2.21. The molecule has 0 bridgehead atoms. The van der Waals surface area contributed by atoms with E-state index in [1.54, 1.807) is 0 Å². The van der Waals surface area contributed by atoms with Crippen LogP contribution < -0.4 is 0 Å². The number of aliphatic hydroxyl groups excluding tert-OH is 1. The van der Waals surface area contributed by atoms with Crippen molar-refractivity contribution in [1.29, 1.82) is 0 Å². The van der Waals surface area contributed by atoms with Crippen molar-refractivity contribution in [1.82, 2.24) is 0 Å². The topological polar surface area (TPSA) is 237 Å². The minimum absolute atomic E-state index is 0.101. The summed E-state index contributed by atoms with van der Waals surface area (Å²) in [5, 5.41) is 10.6. The van der Waals surface area contributed by atoms with Gasteiger partial charge < -0.3 is 33.8 Å². The number of aliphatic hydroxyl groups is 1. The quantitative estimate of drug-likeness (QED) is 0.0169. The first-order chi connectivity index (χ1) is 43.5. The molecule has 3 N–H and O–H groups in total. The summed E-state index contributed by atoms with van der Waals surface area (Å²) in [7, 11) is -9.91. The molecule has 0 radical (unpaired) electrons. The Bertz CT molecular complexity index is 1830. The Morgan fingerprint density at radius 1 is 0.344 bits per heavy atom. The predicted octanol–water partition coefficient (Wildman–Crippen LogP) is 20.1. The van der Waals surface area contributed by atoms with Gasteiger partial charge in [-0.05, 0) is 57.3 Å². The second-order valence-electron chi connectivity index (χ2n) is 25.4. The number of carbonyl (C=O) groups excluding carboxylic acids is 4. The largest absolute Gasteiger partial charge is 0.472 e. The van der Waals surface area contributed by atoms with Gasteiger partial charge in [0.25, 0.3) is 0 Å². The fourth-order valence-electron chi connectivity index (χ4n) is 10.3. The maximum atomic E-state index is 13.0. The molecule has 0 fully saturated rings. The van der Waals surface area contributed by atoms with Crippen molar-refractivity contribution in [3.8, 4) is 0 Å². The van der Waals surface area contributed by atoms with Crippen LogP contribution in [0.3, 0.4) is 0 Å². The van der Waals surface area contributed by atoms with Gasteiger partial charge in [-0.15, -0.1) is 0 Å². The summed E-state index contributed by atoms with van der Waals surface area (Å²) < 4.78 is 68.1. The van der Waals surface area contributed by atoms with Crippen LogP contribution in [0.4, 0.5) is 0 Å². The molecule has 90 heavy (non-hydrogen) atoms. The van der Waals surface area contributed by atoms with Crippen molar-refractivity contribution in [2.45, 2.75) is 361 Å². The van der Waals surface area contributed by atoms with Crippen LogP contribution in [0.2, 0.25) is 0 Å². The molecule has 0 rings (SSSR count). The van der Waals surface area contributed by atoms with Gasteiger partial charge in [-0.3, -0.25) is 37.3 Å². The normalized spacial score (nSPS) is 14.2. The second kappa shape index (κ2) is 63.9. The van der Waals surface area contributed by atoms with Crippen LogP contribution in [0.25, 0.3) is 0 Å². The second-order valence-corrected chi connectivity index (χ2v) is 28.3. The molecule has 0 aliphatic heterocycles. The Balaban J connectivity index is 5.22. The van der Waals surface area contributed by atoms with Crippen molar-refractivity contribution in [3.05, 3.63) is 24.3 Å². The number of rotatable bonds is 69. The monoisotopic (exact) mass is 1320 g/mol. The number of carbonyl (C=O) groups is 4. The number of phosphoric ester groups is 2. The van der Waals surface area contributed by atoms with Gasteiger partial charge in [0.05, 0.1) is 26.4 Å². The van der Waals surface area contributed by atoms with Gasteiger partial charge in [-0.2, -0.15) is 0 Å². The molecule has 0 aromatic heterocycles. The lowest BCUT2D eigenvalue weighted by molar-refractivity contribution is -0.161. The van der Waals surface area contributed by atoms with Gasteiger partial charge >= 0.3 is 39.5 Å². The molecular formula is C71H134O17P2. The summed E-state index contributed by atoms with van der Waals surface area (Å²) in [6.07, 6.45) is 53.8. The van der Waals surface area contributed by atoms with E-state index in [0.29, 0.717) is 31.6 Å². The lowest BCUT2D eigenvalue weighted by atomic mass is 10.0. The summed E-state index contributed by atoms with van der Waals surface area (Å²) >= 11 is 0. The Labute approximate surface area is 548 Å². The molecule has 530 valence electrons. The van der Waals surface area contributed by atoms with Crippen LogP contribution in [-0.2, 0) is 65.4 Å². The highest BCUT2D eigenvalue weighted by Crippen LogP contribution is 2.45. The highest BCUT2D eigenvalue weighted by molar-refractivity contribution is 7.47. The maximum Gasteiger partial charge on any atom is 0.472 e. The van der Waals surface area contributed by atoms with E-state index in [-0.39, 0.29) is 25.7 Å². The number of esters is 4. The zero-order chi connectivity index (χ0) is 66.3. The van der Waals surface area contributed by atoms with E-state index in [0.717, 1.165) is 122 Å². The van der Waals surface area contributed by atoms with E-state index < -0.39 is 97.5 Å². The van der Waals surface area contributed by atoms with E-state index >= 15 is 0 Å². The van der Waals surface area contributed by atoms with Crippen LogP contribution in [0.5, 0.6) is 0 Å². The predicted molar refractivity (Wildman–Crippen MR) is 363 cm³/mol. The number of hydrogen-bond donors (Lipinski definition) is 3. The zero-order valence-corrected chi connectivity index (χ0v) is 59.5. The number of phosphoric acid groups is 2. The van der Waals surface area contributed by atoms with Gasteiger partial charge in [0, 0.05) is 25.7 Å². The van der Waals surface area contributed by atoms with Crippen LogP contribution in [-0.4, -0.2) is 96.7 Å². The molecule has 0 amide bonds. The van der Waals surface area contributed by atoms with E-state index in [4.69, 9.17) is 37.0 Å². The first-order valence-electron chi connectivity index (χ1n) is 36.5. The molecule has 0 saturated heterocycles. The molecule has 17 nitrogen and oxygen atoms in total. The molecule has 0 spiro atoms. The molecular weight excluding hydrogens is 1190 g/mol. The van der Waals surface area contributed by atoms with Crippen molar-refractivity contribution in [2.24, 2.45) is 5.92 Å². The van der Waals surface area contributed by atoms with Gasteiger partial charge in [0.1, 0.15) is 19.3 Å². The SMILES string of the molecule is CCCCCC/C=C\C=C/CCCCCCCC(=O)OC[C@H](COP(=O)(O)OC[C@@H](O)COP(=O)(O)OC[C@@H](COC(=O)CCCCCCCCC)OC(=O)CCCCCCCCCC(C)C)OC(=O)CCCCCCCCCCCCCCCCCCCC. The third-order valence-electron chi connectivity index (χ3n) is 15.9. The van der Waals surface area contributed by atoms with Crippen molar-refractivity contribution < 1.29 is 80.2 Å². The lowest BCUT2D eigenvalue weighted by Crippen LogP contribution is -2.30. The average molecular weight is 1320 g/mol. The van der Waals surface area contributed by atoms with E-state index in [1.165, 1.54) is 135 Å². The van der Waals surface area contributed by atoms with Gasteiger partial charge in [0.15, 0.2) is 12.2 Å². The van der Waals surface area contributed by atoms with Crippen molar-refractivity contribution >= 4 is 39.5 Å². The fourth-order valence-corrected chi connectivity index (χ4v) is 11.9. The van der Waals surface area contributed by atoms with E-state index in [1.807, 2.05) is 0 Å². The molecule has 0 aromatic rings. The fraction of sp³-hybridized carbons (Fsp3) is 0.887. The Morgan fingerprint density at radius 3 is 0.911 bits per heavy atom. The molecule has 0 aliphatic carbocycles. The smallest absolute Gasteiger partial charge is 0.462 e. The summed E-state index contributed by atoms with van der Waals surface area (Å²) in [6.45, 7) is 7.08. The molecule has 0 heterocycles. The standard InChI is InChI=1S/C71H134O17P2/c1-6-9-12-15-18-20-22-24-26-27-28-30-32-34-36-41-46-51-56-70(75)87-67(61-82-69(74)55-50-45-40-35-33-31-29-25-23-21-19-16-13-10-7-2)63-86-90(79,80)84-59-65(72)58-83-89(77,78)85-62-66(60-81-68(73)54-49-44-38-17-14-11-8-3)88-71(76)57-52-47-42-37-39-43-48-53-64(4)5/h21,23,25,29,64-67,72H,6-20,22,24,26-28,30-63H2,1-5H3,(H,77,78)(H,79,80)/b23-21-,29-25-/t65-,66+,67+/m0/s1. The summed E-state index contributed by atoms with van der Waals surface area (Å²) in [5.41, 5.74) is 0. The minimum atomic E-state index is -4.96. The molecule has 5 atom stereocenters. The number of ether oxygens (including phenoxy) is 4. The number of allylic oxidation sites excluding steroid dienone is 4. The number of unbranched alkanes of at least 4 members (excludes halogenated alkanes) is 38. The third-order valence-corrected chi connectivity index (χ3v) is 17.8. The summed E-state index contributed by atoms with van der Waals surface area (Å²) in [6, 6.07) is 0. The van der Waals surface area contributed by atoms with E-state index in [9.17, 15) is 43.2 Å². The first-order valence-corrected chi connectivity index (χ1v) is 39.4. The van der Waals surface area contributed by atoms with Crippen molar-refractivity contribution in [3.63, 3.8) is 0 Å². The summed E-state index contributed by atoms with van der Waals surface area (Å²) in [4.78, 5) is 72.4. The average Bonchev–Trinajstić information content (AvgIpc) is 3.14. The highest BCUT2D eigenvalue weighted by atomic mass is 31.2. The zero-order valence-electron chi connectivity index (χ0n) is 57.8. The Morgan fingerprint density at radius 2 is 0.600 bits per heavy atom. The Kier molecular flexibility index (Phi) is 62.2. The molecule has 2 unspecified atom stereocenters. The van der Waals surface area contributed by atoms with Crippen LogP contribution in [0.1, 0.15) is 343 Å². The molecule has 0 saturated carbocycles. The van der Waals surface area contributed by atoms with E-state index in [2.05, 4.69) is 58.9 Å². The number of hydrogen-bond acceptors (Lipinski definition) is 15. The molecule has 19 heteroatoms. The van der Waals surface area contributed by atoms with Gasteiger partial charge in [-0.25, -0.2) is 9.13 Å². The van der Waals surface area contributed by atoms with Gasteiger partial charge in [0.2, 0.25) is 0 Å². The molecule has 0 aromatic carbocycles. The van der Waals surface area contributed by atoms with Crippen LogP contribution in [0, 0.1) is 5.92 Å². The maximum absolute atomic E-state index is 13.0. The summed E-state index contributed by atoms with van der Waals surface area (Å²) in [5.74, 6) is -1.46. The highest BCUT2D eigenvalue weighted by Gasteiger charge is 2.30. The van der Waals surface area contributed by atoms with Gasteiger partial charge in [-0.1, -0.05) is 290 Å². The Hall–Kier alpha value is -2.46. The molecule has 0 aliphatic rings.